The maximum Gasteiger partial charge on any atom is 0.184 e. The summed E-state index contributed by atoms with van der Waals surface area (Å²) in [5.74, 6) is -0.242. The van der Waals surface area contributed by atoms with E-state index in [-0.39, 0.29) is 18.2 Å². The second-order valence-electron chi connectivity index (χ2n) is 4.97. The number of halogens is 1. The Morgan fingerprint density at radius 3 is 2.29 bits per heavy atom. The van der Waals surface area contributed by atoms with E-state index in [1.165, 1.54) is 12.1 Å². The lowest BCUT2D eigenvalue weighted by molar-refractivity contribution is -0.232. The van der Waals surface area contributed by atoms with Gasteiger partial charge in [-0.05, 0) is 17.7 Å². The number of hydrogen-bond donors (Lipinski definition) is 0. The van der Waals surface area contributed by atoms with Gasteiger partial charge in [0.15, 0.2) is 6.29 Å². The molecule has 0 aromatic heterocycles. The van der Waals surface area contributed by atoms with Gasteiger partial charge in [0.05, 0.1) is 19.8 Å². The Morgan fingerprint density at radius 1 is 0.952 bits per heavy atom. The summed E-state index contributed by atoms with van der Waals surface area (Å²) in [6.45, 7) is 1.40. The van der Waals surface area contributed by atoms with Crippen LogP contribution in [-0.2, 0) is 20.8 Å². The van der Waals surface area contributed by atoms with Gasteiger partial charge in [-0.3, -0.25) is 0 Å². The van der Waals surface area contributed by atoms with Crippen molar-refractivity contribution < 1.29 is 18.6 Å². The number of ether oxygens (including phenoxy) is 3. The van der Waals surface area contributed by atoms with Crippen molar-refractivity contribution in [3.63, 3.8) is 0 Å². The van der Waals surface area contributed by atoms with Crippen LogP contribution in [0.25, 0.3) is 0 Å². The van der Waals surface area contributed by atoms with Crippen LogP contribution in [0.2, 0.25) is 0 Å². The minimum atomic E-state index is -0.322. The minimum Gasteiger partial charge on any atom is -0.369 e. The Hall–Kier alpha value is -1.75. The van der Waals surface area contributed by atoms with E-state index >= 15 is 0 Å². The van der Waals surface area contributed by atoms with Crippen LogP contribution in [0.5, 0.6) is 0 Å². The van der Waals surface area contributed by atoms with Gasteiger partial charge in [-0.1, -0.05) is 42.5 Å². The smallest absolute Gasteiger partial charge is 0.184 e. The maximum absolute atomic E-state index is 12.8. The van der Waals surface area contributed by atoms with Crippen LogP contribution in [0, 0.1) is 5.82 Å². The van der Waals surface area contributed by atoms with Gasteiger partial charge < -0.3 is 14.2 Å². The zero-order valence-electron chi connectivity index (χ0n) is 11.6. The molecule has 4 heteroatoms. The maximum atomic E-state index is 12.8. The van der Waals surface area contributed by atoms with Gasteiger partial charge in [0.1, 0.15) is 11.9 Å². The summed E-state index contributed by atoms with van der Waals surface area (Å²) in [5, 5.41) is 0. The lowest BCUT2D eigenvalue weighted by Crippen LogP contribution is -2.33. The van der Waals surface area contributed by atoms with Gasteiger partial charge in [0, 0.05) is 5.56 Å². The highest BCUT2D eigenvalue weighted by molar-refractivity contribution is 5.16. The number of benzene rings is 2. The molecule has 1 fully saturated rings. The summed E-state index contributed by atoms with van der Waals surface area (Å²) in [4.78, 5) is 0. The average Bonchev–Trinajstić information content (AvgIpc) is 2.56. The molecule has 2 aromatic carbocycles. The quantitative estimate of drug-likeness (QED) is 0.862. The highest BCUT2D eigenvalue weighted by Crippen LogP contribution is 2.23. The van der Waals surface area contributed by atoms with Crippen LogP contribution in [-0.4, -0.2) is 19.3 Å². The van der Waals surface area contributed by atoms with Crippen molar-refractivity contribution in [2.24, 2.45) is 0 Å². The van der Waals surface area contributed by atoms with Crippen molar-refractivity contribution in [2.75, 3.05) is 13.2 Å². The molecule has 1 heterocycles. The van der Waals surface area contributed by atoms with Crippen molar-refractivity contribution in [1.82, 2.24) is 0 Å². The molecular weight excluding hydrogens is 271 g/mol. The van der Waals surface area contributed by atoms with Gasteiger partial charge in [0.25, 0.3) is 0 Å². The third-order valence-corrected chi connectivity index (χ3v) is 3.34. The van der Waals surface area contributed by atoms with E-state index in [4.69, 9.17) is 14.2 Å². The lowest BCUT2D eigenvalue weighted by Gasteiger charge is -2.29. The monoisotopic (exact) mass is 288 g/mol. The van der Waals surface area contributed by atoms with Crippen LogP contribution in [0.15, 0.2) is 54.6 Å². The summed E-state index contributed by atoms with van der Waals surface area (Å²) in [6.07, 6.45) is -0.424. The van der Waals surface area contributed by atoms with Crippen molar-refractivity contribution in [3.8, 4) is 0 Å². The molecule has 0 aliphatic carbocycles. The number of rotatable bonds is 4. The summed E-state index contributed by atoms with van der Waals surface area (Å²) in [5.41, 5.74) is 1.94. The molecule has 0 amide bonds. The molecule has 21 heavy (non-hydrogen) atoms. The predicted octanol–water partition coefficient (Wildman–Crippen LogP) is 3.46. The van der Waals surface area contributed by atoms with E-state index in [0.29, 0.717) is 19.8 Å². The zero-order chi connectivity index (χ0) is 14.5. The van der Waals surface area contributed by atoms with E-state index in [2.05, 4.69) is 0 Å². The minimum absolute atomic E-state index is 0.102. The molecule has 0 saturated carbocycles. The Labute approximate surface area is 123 Å². The molecule has 3 rings (SSSR count). The molecule has 1 aliphatic rings. The molecule has 2 aromatic rings. The molecular formula is C17H17FO3. The Balaban J connectivity index is 1.47. The van der Waals surface area contributed by atoms with E-state index in [1.807, 2.05) is 30.3 Å². The SMILES string of the molecule is Fc1ccc(CO[C@H]2CO[C@@H](c3ccccc3)OC2)cc1. The zero-order valence-corrected chi connectivity index (χ0v) is 11.6. The highest BCUT2D eigenvalue weighted by atomic mass is 19.1. The van der Waals surface area contributed by atoms with Crippen LogP contribution in [0.4, 0.5) is 4.39 Å². The fourth-order valence-corrected chi connectivity index (χ4v) is 2.18. The molecule has 0 bridgehead atoms. The summed E-state index contributed by atoms with van der Waals surface area (Å²) in [7, 11) is 0. The second kappa shape index (κ2) is 6.80. The standard InChI is InChI=1S/C17H17FO3/c18-15-8-6-13(7-9-15)10-19-16-11-20-17(21-12-16)14-4-2-1-3-5-14/h1-9,16-17H,10-12H2/t16-,17+. The third-order valence-electron chi connectivity index (χ3n) is 3.34. The molecule has 0 atom stereocenters. The molecule has 1 aliphatic heterocycles. The van der Waals surface area contributed by atoms with Gasteiger partial charge in [-0.15, -0.1) is 0 Å². The molecule has 0 spiro atoms. The molecule has 0 N–H and O–H groups in total. The van der Waals surface area contributed by atoms with E-state index in [1.54, 1.807) is 12.1 Å². The van der Waals surface area contributed by atoms with Crippen molar-refractivity contribution in [1.29, 1.82) is 0 Å². The first-order chi connectivity index (χ1) is 10.3. The molecule has 0 radical (unpaired) electrons. The lowest BCUT2D eigenvalue weighted by atomic mass is 10.2. The first-order valence-corrected chi connectivity index (χ1v) is 6.95. The van der Waals surface area contributed by atoms with Gasteiger partial charge in [-0.2, -0.15) is 0 Å². The first-order valence-electron chi connectivity index (χ1n) is 6.95. The summed E-state index contributed by atoms with van der Waals surface area (Å²) >= 11 is 0. The van der Waals surface area contributed by atoms with Crippen LogP contribution < -0.4 is 0 Å². The van der Waals surface area contributed by atoms with E-state index < -0.39 is 0 Å². The Morgan fingerprint density at radius 2 is 1.62 bits per heavy atom. The topological polar surface area (TPSA) is 27.7 Å². The fraction of sp³-hybridized carbons (Fsp3) is 0.294. The van der Waals surface area contributed by atoms with Crippen LogP contribution in [0.3, 0.4) is 0 Å². The van der Waals surface area contributed by atoms with Crippen molar-refractivity contribution in [2.45, 2.75) is 19.0 Å². The molecule has 110 valence electrons. The van der Waals surface area contributed by atoms with Gasteiger partial charge in [0.2, 0.25) is 0 Å². The third kappa shape index (κ3) is 3.88. The van der Waals surface area contributed by atoms with Crippen LogP contribution in [0.1, 0.15) is 17.4 Å². The normalized spacial score (nSPS) is 22.1. The fourth-order valence-electron chi connectivity index (χ4n) is 2.18. The van der Waals surface area contributed by atoms with E-state index in [9.17, 15) is 4.39 Å². The van der Waals surface area contributed by atoms with Crippen LogP contribution >= 0.6 is 0 Å². The Kier molecular flexibility index (Phi) is 4.60. The largest absolute Gasteiger partial charge is 0.369 e. The molecule has 3 nitrogen and oxygen atoms in total. The number of hydrogen-bond acceptors (Lipinski definition) is 3. The average molecular weight is 288 g/mol. The Bertz CT molecular complexity index is 548. The molecule has 0 unspecified atom stereocenters. The molecule has 1 saturated heterocycles. The van der Waals surface area contributed by atoms with Crippen molar-refractivity contribution in [3.05, 3.63) is 71.5 Å². The van der Waals surface area contributed by atoms with Gasteiger partial charge in [-0.25, -0.2) is 4.39 Å². The summed E-state index contributed by atoms with van der Waals surface area (Å²) < 4.78 is 29.9. The van der Waals surface area contributed by atoms with Crippen molar-refractivity contribution >= 4 is 0 Å². The predicted molar refractivity (Wildman–Crippen MR) is 76.1 cm³/mol. The van der Waals surface area contributed by atoms with Gasteiger partial charge >= 0.3 is 0 Å². The van der Waals surface area contributed by atoms with E-state index in [0.717, 1.165) is 11.1 Å². The summed E-state index contributed by atoms with van der Waals surface area (Å²) in [6, 6.07) is 16.1. The second-order valence-corrected chi connectivity index (χ2v) is 4.97. The highest BCUT2D eigenvalue weighted by Gasteiger charge is 2.23. The first kappa shape index (κ1) is 14.2.